The predicted molar refractivity (Wildman–Crippen MR) is 66.6 cm³/mol. The number of nitrogens with two attached hydrogens (primary N) is 1. The summed E-state index contributed by atoms with van der Waals surface area (Å²) >= 11 is 0. The Kier molecular flexibility index (Phi) is 2.99. The standard InChI is InChI=1S/C12H20N4/c1-4-10-14-11(13)8(2)12(15-10)16(3)7-9-5-6-9/h9H,4-7H2,1-3H3,(H2,13,14,15). The molecule has 4 nitrogen and oxygen atoms in total. The van der Waals surface area contributed by atoms with E-state index in [1.54, 1.807) is 0 Å². The van der Waals surface area contributed by atoms with Crippen LogP contribution in [0.1, 0.15) is 31.2 Å². The van der Waals surface area contributed by atoms with Gasteiger partial charge in [0, 0.05) is 25.6 Å². The van der Waals surface area contributed by atoms with Gasteiger partial charge in [-0.05, 0) is 25.7 Å². The van der Waals surface area contributed by atoms with Gasteiger partial charge in [0.2, 0.25) is 0 Å². The summed E-state index contributed by atoms with van der Waals surface area (Å²) in [5.74, 6) is 3.30. The normalized spacial score (nSPS) is 15.2. The summed E-state index contributed by atoms with van der Waals surface area (Å²) in [5, 5.41) is 0. The zero-order valence-corrected chi connectivity index (χ0v) is 10.3. The van der Waals surface area contributed by atoms with Crippen LogP contribution in [0.4, 0.5) is 11.6 Å². The summed E-state index contributed by atoms with van der Waals surface area (Å²) in [7, 11) is 2.09. The van der Waals surface area contributed by atoms with E-state index in [4.69, 9.17) is 5.73 Å². The molecule has 0 saturated heterocycles. The monoisotopic (exact) mass is 220 g/mol. The average Bonchev–Trinajstić information content (AvgIpc) is 3.05. The molecule has 1 aliphatic rings. The molecule has 1 fully saturated rings. The predicted octanol–water partition coefficient (Wildman–Crippen LogP) is 1.78. The molecular formula is C12H20N4. The molecule has 16 heavy (non-hydrogen) atoms. The summed E-state index contributed by atoms with van der Waals surface area (Å²) in [6, 6.07) is 0. The maximum absolute atomic E-state index is 5.90. The maximum atomic E-state index is 5.90. The first kappa shape index (κ1) is 11.2. The van der Waals surface area contributed by atoms with Crippen molar-refractivity contribution in [3.05, 3.63) is 11.4 Å². The van der Waals surface area contributed by atoms with Crippen LogP contribution >= 0.6 is 0 Å². The molecule has 0 unspecified atom stereocenters. The molecule has 0 amide bonds. The van der Waals surface area contributed by atoms with Crippen molar-refractivity contribution in [1.29, 1.82) is 0 Å². The Balaban J connectivity index is 2.25. The van der Waals surface area contributed by atoms with E-state index in [0.717, 1.165) is 36.1 Å². The van der Waals surface area contributed by atoms with E-state index in [0.29, 0.717) is 5.82 Å². The zero-order valence-electron chi connectivity index (χ0n) is 10.3. The highest BCUT2D eigenvalue weighted by atomic mass is 15.2. The minimum absolute atomic E-state index is 0.615. The molecule has 1 saturated carbocycles. The quantitative estimate of drug-likeness (QED) is 0.840. The number of rotatable bonds is 4. The first-order chi connectivity index (χ1) is 7.61. The molecule has 0 aliphatic heterocycles. The Hall–Kier alpha value is -1.32. The second-order valence-electron chi connectivity index (χ2n) is 4.65. The summed E-state index contributed by atoms with van der Waals surface area (Å²) in [6.07, 6.45) is 3.53. The summed E-state index contributed by atoms with van der Waals surface area (Å²) in [6.45, 7) is 5.13. The molecule has 4 heteroatoms. The number of aromatic nitrogens is 2. The first-order valence-electron chi connectivity index (χ1n) is 5.96. The molecule has 0 aromatic carbocycles. The fourth-order valence-electron chi connectivity index (χ4n) is 1.87. The van der Waals surface area contributed by atoms with Crippen molar-refractivity contribution in [2.45, 2.75) is 33.1 Å². The topological polar surface area (TPSA) is 55.0 Å². The van der Waals surface area contributed by atoms with Gasteiger partial charge >= 0.3 is 0 Å². The van der Waals surface area contributed by atoms with Gasteiger partial charge in [-0.25, -0.2) is 9.97 Å². The molecule has 1 aromatic heterocycles. The highest BCUT2D eigenvalue weighted by molar-refractivity contribution is 5.56. The highest BCUT2D eigenvalue weighted by Crippen LogP contribution is 2.31. The Morgan fingerprint density at radius 3 is 2.62 bits per heavy atom. The van der Waals surface area contributed by atoms with Gasteiger partial charge in [0.05, 0.1) is 0 Å². The fourth-order valence-corrected chi connectivity index (χ4v) is 1.87. The number of aryl methyl sites for hydroxylation is 1. The molecule has 0 bridgehead atoms. The van der Waals surface area contributed by atoms with Gasteiger partial charge in [0.25, 0.3) is 0 Å². The Bertz CT molecular complexity index is 385. The van der Waals surface area contributed by atoms with E-state index in [1.807, 2.05) is 6.92 Å². The minimum Gasteiger partial charge on any atom is -0.383 e. The fraction of sp³-hybridized carbons (Fsp3) is 0.667. The van der Waals surface area contributed by atoms with Crippen molar-refractivity contribution in [2.75, 3.05) is 24.2 Å². The van der Waals surface area contributed by atoms with E-state index in [-0.39, 0.29) is 0 Å². The molecule has 1 aliphatic carbocycles. The largest absolute Gasteiger partial charge is 0.383 e. The number of nitrogens with zero attached hydrogens (tertiary/aromatic N) is 3. The Morgan fingerprint density at radius 2 is 2.06 bits per heavy atom. The van der Waals surface area contributed by atoms with Crippen molar-refractivity contribution in [3.63, 3.8) is 0 Å². The third-order valence-corrected chi connectivity index (χ3v) is 3.11. The van der Waals surface area contributed by atoms with E-state index >= 15 is 0 Å². The highest BCUT2D eigenvalue weighted by Gasteiger charge is 2.24. The first-order valence-corrected chi connectivity index (χ1v) is 5.96. The van der Waals surface area contributed by atoms with Crippen LogP contribution in [0.5, 0.6) is 0 Å². The van der Waals surface area contributed by atoms with Gasteiger partial charge in [-0.1, -0.05) is 6.92 Å². The van der Waals surface area contributed by atoms with Crippen molar-refractivity contribution in [1.82, 2.24) is 9.97 Å². The van der Waals surface area contributed by atoms with Crippen molar-refractivity contribution in [3.8, 4) is 0 Å². The second kappa shape index (κ2) is 4.28. The summed E-state index contributed by atoms with van der Waals surface area (Å²) in [4.78, 5) is 11.0. The van der Waals surface area contributed by atoms with Crippen LogP contribution in [0.15, 0.2) is 0 Å². The van der Waals surface area contributed by atoms with Crippen molar-refractivity contribution >= 4 is 11.6 Å². The summed E-state index contributed by atoms with van der Waals surface area (Å²) in [5.41, 5.74) is 6.90. The third-order valence-electron chi connectivity index (χ3n) is 3.11. The van der Waals surface area contributed by atoms with Gasteiger partial charge in [-0.15, -0.1) is 0 Å². The Morgan fingerprint density at radius 1 is 1.38 bits per heavy atom. The van der Waals surface area contributed by atoms with Crippen LogP contribution in [0.3, 0.4) is 0 Å². The van der Waals surface area contributed by atoms with Crippen LogP contribution in [0, 0.1) is 12.8 Å². The second-order valence-corrected chi connectivity index (χ2v) is 4.65. The van der Waals surface area contributed by atoms with Gasteiger partial charge in [0.15, 0.2) is 0 Å². The Labute approximate surface area is 96.9 Å². The lowest BCUT2D eigenvalue weighted by Gasteiger charge is -2.21. The van der Waals surface area contributed by atoms with Crippen LogP contribution in [0.2, 0.25) is 0 Å². The van der Waals surface area contributed by atoms with Gasteiger partial charge in [0.1, 0.15) is 17.5 Å². The molecule has 0 atom stereocenters. The number of hydrogen-bond acceptors (Lipinski definition) is 4. The third kappa shape index (κ3) is 2.26. The molecule has 1 aromatic rings. The maximum Gasteiger partial charge on any atom is 0.137 e. The van der Waals surface area contributed by atoms with Gasteiger partial charge in [-0.2, -0.15) is 0 Å². The smallest absolute Gasteiger partial charge is 0.137 e. The molecule has 88 valence electrons. The molecule has 0 radical (unpaired) electrons. The van der Waals surface area contributed by atoms with E-state index in [1.165, 1.54) is 12.8 Å². The van der Waals surface area contributed by atoms with Crippen LogP contribution < -0.4 is 10.6 Å². The molecule has 1 heterocycles. The van der Waals surface area contributed by atoms with Gasteiger partial charge < -0.3 is 10.6 Å². The lowest BCUT2D eigenvalue weighted by Crippen LogP contribution is -2.23. The lowest BCUT2D eigenvalue weighted by molar-refractivity contribution is 0.766. The molecule has 2 rings (SSSR count). The number of nitrogen functional groups attached to an aromatic ring is 1. The van der Waals surface area contributed by atoms with Crippen molar-refractivity contribution in [2.24, 2.45) is 5.92 Å². The van der Waals surface area contributed by atoms with E-state index < -0.39 is 0 Å². The average molecular weight is 220 g/mol. The molecular weight excluding hydrogens is 200 g/mol. The van der Waals surface area contributed by atoms with Crippen LogP contribution in [-0.4, -0.2) is 23.6 Å². The SMILES string of the molecule is CCc1nc(N)c(C)c(N(C)CC2CC2)n1. The molecule has 0 spiro atoms. The number of anilines is 2. The van der Waals surface area contributed by atoms with Crippen LogP contribution in [0.25, 0.3) is 0 Å². The van der Waals surface area contributed by atoms with E-state index in [9.17, 15) is 0 Å². The minimum atomic E-state index is 0.615. The molecule has 2 N–H and O–H groups in total. The van der Waals surface area contributed by atoms with Crippen LogP contribution in [-0.2, 0) is 6.42 Å². The summed E-state index contributed by atoms with van der Waals surface area (Å²) < 4.78 is 0. The van der Waals surface area contributed by atoms with Gasteiger partial charge in [-0.3, -0.25) is 0 Å². The number of hydrogen-bond donors (Lipinski definition) is 1. The zero-order chi connectivity index (χ0) is 11.7. The van der Waals surface area contributed by atoms with E-state index in [2.05, 4.69) is 28.8 Å². The lowest BCUT2D eigenvalue weighted by atomic mass is 10.2. The van der Waals surface area contributed by atoms with Crippen molar-refractivity contribution < 1.29 is 0 Å².